The molecule has 0 fully saturated rings. The van der Waals surface area contributed by atoms with Gasteiger partial charge in [-0.2, -0.15) is 0 Å². The Labute approximate surface area is 99.3 Å². The van der Waals surface area contributed by atoms with Gasteiger partial charge in [-0.3, -0.25) is 0 Å². The molecular weight excluding hydrogens is 185 g/mol. The number of carbonyl (C=O) groups excluding carboxylic acids is 1. The minimum absolute atomic E-state index is 0. The fourth-order valence-electron chi connectivity index (χ4n) is 1.30. The number of carboxylic acid groups (broad SMARTS) is 1. The summed E-state index contributed by atoms with van der Waals surface area (Å²) in [4.78, 5) is 13.3. The first kappa shape index (κ1) is 11.6. The molecule has 1 N–H and O–H groups in total. The van der Waals surface area contributed by atoms with E-state index in [4.69, 9.17) is 0 Å². The molecule has 0 aliphatic heterocycles. The smallest absolute Gasteiger partial charge is 0.543 e. The Bertz CT molecular complexity index is 451. The van der Waals surface area contributed by atoms with E-state index < -0.39 is 5.97 Å². The van der Waals surface area contributed by atoms with Gasteiger partial charge in [0.05, 0.1) is 11.7 Å². The zero-order valence-electron chi connectivity index (χ0n) is 8.36. The van der Waals surface area contributed by atoms with Crippen LogP contribution in [0.3, 0.4) is 0 Å². The zero-order chi connectivity index (χ0) is 9.97. The summed E-state index contributed by atoms with van der Waals surface area (Å²) in [5.74, 6) is -1.19. The SMILES string of the molecule is O=C([O-])c1ccc(-c2ccccc2)[nH]1.[Li+]. The van der Waals surface area contributed by atoms with Crippen LogP contribution in [0.2, 0.25) is 0 Å². The number of benzene rings is 1. The second kappa shape index (κ2) is 4.88. The van der Waals surface area contributed by atoms with Crippen molar-refractivity contribution in [3.8, 4) is 11.3 Å². The molecule has 70 valence electrons. The minimum atomic E-state index is -1.19. The van der Waals surface area contributed by atoms with Gasteiger partial charge >= 0.3 is 18.9 Å². The predicted molar refractivity (Wildman–Crippen MR) is 50.6 cm³/mol. The number of carbonyl (C=O) groups is 1. The molecule has 2 rings (SSSR count). The molecule has 0 aliphatic carbocycles. The molecule has 0 saturated carbocycles. The molecular formula is C11H8LiNO2. The van der Waals surface area contributed by atoms with Crippen molar-refractivity contribution in [2.75, 3.05) is 0 Å². The summed E-state index contributed by atoms with van der Waals surface area (Å²) >= 11 is 0. The first-order valence-corrected chi connectivity index (χ1v) is 4.23. The molecule has 15 heavy (non-hydrogen) atoms. The van der Waals surface area contributed by atoms with Crippen LogP contribution in [0.5, 0.6) is 0 Å². The maximum absolute atomic E-state index is 10.5. The number of aromatic nitrogens is 1. The van der Waals surface area contributed by atoms with Gasteiger partial charge < -0.3 is 14.9 Å². The number of H-pyrrole nitrogens is 1. The van der Waals surface area contributed by atoms with Crippen molar-refractivity contribution in [1.82, 2.24) is 4.98 Å². The van der Waals surface area contributed by atoms with E-state index in [-0.39, 0.29) is 24.6 Å². The molecule has 1 heterocycles. The Morgan fingerprint density at radius 2 is 1.73 bits per heavy atom. The Morgan fingerprint density at radius 3 is 2.27 bits per heavy atom. The third-order valence-electron chi connectivity index (χ3n) is 1.99. The molecule has 3 nitrogen and oxygen atoms in total. The van der Waals surface area contributed by atoms with Crippen LogP contribution in [-0.4, -0.2) is 11.0 Å². The molecule has 0 spiro atoms. The van der Waals surface area contributed by atoms with Gasteiger partial charge in [0.15, 0.2) is 0 Å². The summed E-state index contributed by atoms with van der Waals surface area (Å²) in [6.45, 7) is 0. The van der Waals surface area contributed by atoms with Crippen LogP contribution in [0.25, 0.3) is 11.3 Å². The fourth-order valence-corrected chi connectivity index (χ4v) is 1.30. The monoisotopic (exact) mass is 193 g/mol. The summed E-state index contributed by atoms with van der Waals surface area (Å²) in [6.07, 6.45) is 0. The number of nitrogens with one attached hydrogen (secondary N) is 1. The van der Waals surface area contributed by atoms with Crippen LogP contribution in [0.15, 0.2) is 42.5 Å². The average Bonchev–Trinajstić information content (AvgIpc) is 2.68. The van der Waals surface area contributed by atoms with E-state index in [0.717, 1.165) is 11.3 Å². The van der Waals surface area contributed by atoms with Crippen LogP contribution in [0.4, 0.5) is 0 Å². The van der Waals surface area contributed by atoms with E-state index in [1.54, 1.807) is 6.07 Å². The van der Waals surface area contributed by atoms with Gasteiger partial charge in [-0.1, -0.05) is 30.3 Å². The van der Waals surface area contributed by atoms with E-state index >= 15 is 0 Å². The van der Waals surface area contributed by atoms with E-state index in [2.05, 4.69) is 4.98 Å². The molecule has 0 bridgehead atoms. The number of carboxylic acids is 1. The quantitative estimate of drug-likeness (QED) is 0.563. The van der Waals surface area contributed by atoms with E-state index in [1.807, 2.05) is 30.3 Å². The van der Waals surface area contributed by atoms with Crippen molar-refractivity contribution >= 4 is 5.97 Å². The number of hydrogen-bond acceptors (Lipinski definition) is 2. The minimum Gasteiger partial charge on any atom is -0.543 e. The predicted octanol–water partition coefficient (Wildman–Crippen LogP) is -1.95. The Hall–Kier alpha value is -1.43. The molecule has 4 heteroatoms. The topological polar surface area (TPSA) is 55.9 Å². The second-order valence-corrected chi connectivity index (χ2v) is 2.94. The summed E-state index contributed by atoms with van der Waals surface area (Å²) in [5.41, 5.74) is 1.84. The molecule has 1 aromatic heterocycles. The van der Waals surface area contributed by atoms with Gasteiger partial charge in [0.1, 0.15) is 0 Å². The average molecular weight is 193 g/mol. The normalized spacial score (nSPS) is 9.33. The largest absolute Gasteiger partial charge is 1.00 e. The summed E-state index contributed by atoms with van der Waals surface area (Å²) in [6, 6.07) is 12.7. The Morgan fingerprint density at radius 1 is 1.07 bits per heavy atom. The van der Waals surface area contributed by atoms with Gasteiger partial charge in [0.25, 0.3) is 0 Å². The van der Waals surface area contributed by atoms with Crippen LogP contribution >= 0.6 is 0 Å². The number of aromatic carboxylic acids is 1. The zero-order valence-corrected chi connectivity index (χ0v) is 8.36. The van der Waals surface area contributed by atoms with E-state index in [9.17, 15) is 9.90 Å². The van der Waals surface area contributed by atoms with Crippen LogP contribution in [0.1, 0.15) is 10.5 Å². The van der Waals surface area contributed by atoms with Crippen molar-refractivity contribution in [3.63, 3.8) is 0 Å². The summed E-state index contributed by atoms with van der Waals surface area (Å²) in [7, 11) is 0. The number of rotatable bonds is 2. The summed E-state index contributed by atoms with van der Waals surface area (Å²) < 4.78 is 0. The first-order chi connectivity index (χ1) is 6.77. The number of hydrogen-bond donors (Lipinski definition) is 1. The molecule has 0 saturated heterocycles. The molecule has 2 aromatic rings. The van der Waals surface area contributed by atoms with Crippen molar-refractivity contribution in [1.29, 1.82) is 0 Å². The third kappa shape index (κ3) is 2.53. The van der Waals surface area contributed by atoms with Gasteiger partial charge in [-0.15, -0.1) is 0 Å². The first-order valence-electron chi connectivity index (χ1n) is 4.23. The van der Waals surface area contributed by atoms with E-state index in [1.165, 1.54) is 6.07 Å². The molecule has 0 radical (unpaired) electrons. The summed E-state index contributed by atoms with van der Waals surface area (Å²) in [5, 5.41) is 10.5. The molecule has 0 unspecified atom stereocenters. The van der Waals surface area contributed by atoms with Crippen molar-refractivity contribution in [2.45, 2.75) is 0 Å². The fraction of sp³-hybridized carbons (Fsp3) is 0. The van der Waals surface area contributed by atoms with Gasteiger partial charge in [0.2, 0.25) is 0 Å². The number of aromatic amines is 1. The standard InChI is InChI=1S/C11H9NO2.Li/c13-11(14)10-7-6-9(12-10)8-4-2-1-3-5-8;/h1-7,12H,(H,13,14);/q;+1/p-1. The van der Waals surface area contributed by atoms with Crippen molar-refractivity contribution in [2.24, 2.45) is 0 Å². The van der Waals surface area contributed by atoms with Crippen LogP contribution in [-0.2, 0) is 0 Å². The molecule has 0 atom stereocenters. The Kier molecular flexibility index (Phi) is 3.79. The second-order valence-electron chi connectivity index (χ2n) is 2.94. The van der Waals surface area contributed by atoms with E-state index in [0.29, 0.717) is 0 Å². The van der Waals surface area contributed by atoms with Gasteiger partial charge in [-0.25, -0.2) is 0 Å². The maximum Gasteiger partial charge on any atom is 1.00 e. The molecule has 0 aliphatic rings. The molecule has 1 aromatic carbocycles. The van der Waals surface area contributed by atoms with Gasteiger partial charge in [-0.05, 0) is 17.7 Å². The Balaban J connectivity index is 0.00000112. The maximum atomic E-state index is 10.5. The molecule has 0 amide bonds. The van der Waals surface area contributed by atoms with Crippen molar-refractivity contribution < 1.29 is 28.8 Å². The third-order valence-corrected chi connectivity index (χ3v) is 1.99. The van der Waals surface area contributed by atoms with Crippen LogP contribution in [0, 0.1) is 0 Å². The van der Waals surface area contributed by atoms with Gasteiger partial charge in [0, 0.05) is 5.69 Å². The van der Waals surface area contributed by atoms with Crippen molar-refractivity contribution in [3.05, 3.63) is 48.2 Å². The van der Waals surface area contributed by atoms with Crippen LogP contribution < -0.4 is 24.0 Å².